The molecule has 1 aromatic rings. The summed E-state index contributed by atoms with van der Waals surface area (Å²) in [5.74, 6) is -0.279. The highest BCUT2D eigenvalue weighted by molar-refractivity contribution is 8.01. The molecular formula is C9H15N5O2S2. The van der Waals surface area contributed by atoms with Crippen LogP contribution in [0.4, 0.5) is 9.93 Å². The molecule has 100 valence electrons. The maximum Gasteiger partial charge on any atom is 0.321 e. The minimum Gasteiger partial charge on any atom is -0.369 e. The second-order valence-electron chi connectivity index (χ2n) is 4.46. The third-order valence-electron chi connectivity index (χ3n) is 1.45. The summed E-state index contributed by atoms with van der Waals surface area (Å²) < 4.78 is 0.583. The fraction of sp³-hybridized carbons (Fsp3) is 0.556. The lowest BCUT2D eigenvalue weighted by Crippen LogP contribution is -2.43. The smallest absolute Gasteiger partial charge is 0.321 e. The van der Waals surface area contributed by atoms with Crippen molar-refractivity contribution in [3.05, 3.63) is 0 Å². The van der Waals surface area contributed by atoms with E-state index in [4.69, 9.17) is 5.73 Å². The molecule has 3 amide bonds. The van der Waals surface area contributed by atoms with Gasteiger partial charge >= 0.3 is 6.03 Å². The summed E-state index contributed by atoms with van der Waals surface area (Å²) in [5, 5.41) is 13.3. The van der Waals surface area contributed by atoms with Gasteiger partial charge in [0.25, 0.3) is 0 Å². The second-order valence-corrected chi connectivity index (χ2v) is 6.66. The summed E-state index contributed by atoms with van der Waals surface area (Å²) in [4.78, 5) is 22.1. The van der Waals surface area contributed by atoms with E-state index in [0.29, 0.717) is 9.47 Å². The van der Waals surface area contributed by atoms with Crippen molar-refractivity contribution in [3.8, 4) is 0 Å². The summed E-state index contributed by atoms with van der Waals surface area (Å²) in [6.07, 6.45) is 0. The van der Waals surface area contributed by atoms with E-state index in [1.54, 1.807) is 0 Å². The second kappa shape index (κ2) is 6.01. The molecule has 0 fully saturated rings. The van der Waals surface area contributed by atoms with E-state index < -0.39 is 5.91 Å². The first-order valence-electron chi connectivity index (χ1n) is 5.10. The van der Waals surface area contributed by atoms with Crippen LogP contribution in [0.15, 0.2) is 4.34 Å². The molecule has 0 bridgehead atoms. The van der Waals surface area contributed by atoms with E-state index in [1.165, 1.54) is 23.1 Å². The number of carbonyl (C=O) groups excluding carboxylic acids is 2. The van der Waals surface area contributed by atoms with Crippen molar-refractivity contribution < 1.29 is 9.59 Å². The molecule has 9 heteroatoms. The number of urea groups is 1. The molecule has 1 heterocycles. The van der Waals surface area contributed by atoms with Gasteiger partial charge in [-0.2, -0.15) is 0 Å². The molecule has 0 saturated heterocycles. The average molecular weight is 289 g/mol. The van der Waals surface area contributed by atoms with E-state index >= 15 is 0 Å². The van der Waals surface area contributed by atoms with Crippen molar-refractivity contribution in [1.82, 2.24) is 15.5 Å². The third kappa shape index (κ3) is 5.82. The van der Waals surface area contributed by atoms with Crippen LogP contribution >= 0.6 is 23.1 Å². The Morgan fingerprint density at radius 3 is 2.61 bits per heavy atom. The number of hydrogen-bond donors (Lipinski definition) is 3. The monoisotopic (exact) mass is 289 g/mol. The highest BCUT2D eigenvalue weighted by Crippen LogP contribution is 2.24. The fourth-order valence-corrected chi connectivity index (χ4v) is 2.41. The Balaban J connectivity index is 2.48. The van der Waals surface area contributed by atoms with Gasteiger partial charge in [-0.05, 0) is 20.8 Å². The number of thioether (sulfide) groups is 1. The molecule has 0 aliphatic carbocycles. The van der Waals surface area contributed by atoms with Crippen molar-refractivity contribution in [2.75, 3.05) is 11.1 Å². The zero-order valence-electron chi connectivity index (χ0n) is 10.3. The minimum absolute atomic E-state index is 0.142. The van der Waals surface area contributed by atoms with Crippen molar-refractivity contribution in [2.45, 2.75) is 30.6 Å². The Bertz CT molecular complexity index is 440. The number of rotatable bonds is 4. The number of aromatic nitrogens is 2. The number of nitrogens with two attached hydrogens (primary N) is 1. The molecule has 0 aliphatic rings. The highest BCUT2D eigenvalue weighted by Gasteiger charge is 2.15. The highest BCUT2D eigenvalue weighted by atomic mass is 32.2. The zero-order chi connectivity index (χ0) is 13.8. The van der Waals surface area contributed by atoms with Gasteiger partial charge in [-0.25, -0.2) is 4.79 Å². The van der Waals surface area contributed by atoms with Crippen LogP contribution in [0.2, 0.25) is 0 Å². The van der Waals surface area contributed by atoms with Crippen molar-refractivity contribution in [3.63, 3.8) is 0 Å². The Hall–Kier alpha value is -1.35. The number of nitrogens with zero attached hydrogens (tertiary/aromatic N) is 2. The first-order valence-corrected chi connectivity index (χ1v) is 6.90. The maximum absolute atomic E-state index is 11.5. The van der Waals surface area contributed by atoms with Gasteiger partial charge in [-0.1, -0.05) is 23.1 Å². The molecule has 0 aliphatic heterocycles. The molecule has 0 spiro atoms. The van der Waals surface area contributed by atoms with Gasteiger partial charge in [0.2, 0.25) is 11.0 Å². The molecule has 1 aromatic heterocycles. The van der Waals surface area contributed by atoms with Crippen LogP contribution in [0.3, 0.4) is 0 Å². The summed E-state index contributed by atoms with van der Waals surface area (Å²) in [7, 11) is 0. The van der Waals surface area contributed by atoms with E-state index in [1.807, 2.05) is 20.8 Å². The van der Waals surface area contributed by atoms with Crippen LogP contribution in [0, 0.1) is 0 Å². The van der Waals surface area contributed by atoms with Crippen molar-refractivity contribution in [2.24, 2.45) is 5.73 Å². The summed E-state index contributed by atoms with van der Waals surface area (Å²) in [6.45, 7) is 5.63. The molecule has 0 saturated carbocycles. The molecular weight excluding hydrogens is 274 g/mol. The van der Waals surface area contributed by atoms with E-state index in [9.17, 15) is 9.59 Å². The normalized spacial score (nSPS) is 11.1. The summed E-state index contributed by atoms with van der Waals surface area (Å²) in [6, 6.07) is -0.342. The predicted molar refractivity (Wildman–Crippen MR) is 71.7 cm³/mol. The lowest BCUT2D eigenvalue weighted by atomic mass is 10.1. The van der Waals surface area contributed by atoms with Crippen LogP contribution in [-0.2, 0) is 4.79 Å². The molecule has 0 aromatic carbocycles. The van der Waals surface area contributed by atoms with Crippen molar-refractivity contribution >= 4 is 40.2 Å². The average Bonchev–Trinajstić information content (AvgIpc) is 2.59. The Morgan fingerprint density at radius 2 is 2.06 bits per heavy atom. The number of hydrogen-bond acceptors (Lipinski definition) is 6. The SMILES string of the molecule is CC(C)(C)NC(=O)Nc1nnc(SCC(N)=O)s1. The number of nitrogens with one attached hydrogen (secondary N) is 2. The third-order valence-corrected chi connectivity index (χ3v) is 3.45. The number of anilines is 1. The fourth-order valence-electron chi connectivity index (χ4n) is 0.920. The first kappa shape index (κ1) is 14.7. The molecule has 0 radical (unpaired) electrons. The van der Waals surface area contributed by atoms with E-state index in [2.05, 4.69) is 20.8 Å². The zero-order valence-corrected chi connectivity index (χ0v) is 11.9. The number of primary amides is 1. The van der Waals surface area contributed by atoms with Crippen LogP contribution < -0.4 is 16.4 Å². The minimum atomic E-state index is -0.421. The van der Waals surface area contributed by atoms with Crippen LogP contribution in [-0.4, -0.2) is 33.4 Å². The van der Waals surface area contributed by atoms with Gasteiger partial charge in [0.05, 0.1) is 5.75 Å². The first-order chi connectivity index (χ1) is 8.26. The van der Waals surface area contributed by atoms with E-state index in [-0.39, 0.29) is 17.3 Å². The Labute approximate surface area is 113 Å². The van der Waals surface area contributed by atoms with Crippen LogP contribution in [0.5, 0.6) is 0 Å². The van der Waals surface area contributed by atoms with Crippen LogP contribution in [0.1, 0.15) is 20.8 Å². The number of amides is 3. The van der Waals surface area contributed by atoms with Gasteiger partial charge < -0.3 is 11.1 Å². The largest absolute Gasteiger partial charge is 0.369 e. The molecule has 7 nitrogen and oxygen atoms in total. The molecule has 0 atom stereocenters. The molecule has 1 rings (SSSR count). The molecule has 18 heavy (non-hydrogen) atoms. The van der Waals surface area contributed by atoms with E-state index in [0.717, 1.165) is 0 Å². The quantitative estimate of drug-likeness (QED) is 0.566. The Morgan fingerprint density at radius 1 is 1.39 bits per heavy atom. The lowest BCUT2D eigenvalue weighted by molar-refractivity contribution is -0.115. The molecule has 4 N–H and O–H groups in total. The van der Waals surface area contributed by atoms with Gasteiger partial charge in [-0.15, -0.1) is 10.2 Å². The summed E-state index contributed by atoms with van der Waals surface area (Å²) >= 11 is 2.38. The van der Waals surface area contributed by atoms with Gasteiger partial charge in [-0.3, -0.25) is 10.1 Å². The predicted octanol–water partition coefficient (Wildman–Crippen LogP) is 1.04. The molecule has 0 unspecified atom stereocenters. The van der Waals surface area contributed by atoms with Crippen LogP contribution in [0.25, 0.3) is 0 Å². The Kier molecular flexibility index (Phi) is 4.91. The summed E-state index contributed by atoms with van der Waals surface area (Å²) in [5.41, 5.74) is 4.69. The van der Waals surface area contributed by atoms with Crippen molar-refractivity contribution in [1.29, 1.82) is 0 Å². The topological polar surface area (TPSA) is 110 Å². The van der Waals surface area contributed by atoms with Gasteiger partial charge in [0.15, 0.2) is 4.34 Å². The van der Waals surface area contributed by atoms with Gasteiger partial charge in [0.1, 0.15) is 0 Å². The maximum atomic E-state index is 11.5. The number of carbonyl (C=O) groups is 2. The lowest BCUT2D eigenvalue weighted by Gasteiger charge is -2.19. The standard InChI is InChI=1S/C9H15N5O2S2/c1-9(2,3)12-6(16)11-7-13-14-8(18-7)17-4-5(10)15/h4H2,1-3H3,(H2,10,15)(H2,11,12,13,16). The van der Waals surface area contributed by atoms with Gasteiger partial charge in [0, 0.05) is 5.54 Å².